The second-order valence-electron chi connectivity index (χ2n) is 7.56. The van der Waals surface area contributed by atoms with Gasteiger partial charge in [0.1, 0.15) is 0 Å². The number of anilines is 1. The Bertz CT molecular complexity index is 679. The fourth-order valence-corrected chi connectivity index (χ4v) is 4.48. The molecule has 26 heavy (non-hydrogen) atoms. The van der Waals surface area contributed by atoms with Crippen molar-refractivity contribution in [1.29, 1.82) is 0 Å². The minimum atomic E-state index is -0.0331. The number of hydrogen-bond acceptors (Lipinski definition) is 3. The van der Waals surface area contributed by atoms with E-state index < -0.39 is 0 Å². The van der Waals surface area contributed by atoms with Crippen molar-refractivity contribution in [3.8, 4) is 0 Å². The Morgan fingerprint density at radius 2 is 2.04 bits per heavy atom. The molecule has 1 aliphatic carbocycles. The lowest BCUT2D eigenvalue weighted by Gasteiger charge is -2.33. The number of hydrogen-bond donors (Lipinski definition) is 2. The number of carbonyl (C=O) groups is 2. The van der Waals surface area contributed by atoms with Gasteiger partial charge in [-0.1, -0.05) is 18.0 Å². The molecule has 3 atom stereocenters. The highest BCUT2D eigenvalue weighted by atomic mass is 35.5. The molecular weight excluding hydrogens is 350 g/mol. The van der Waals surface area contributed by atoms with Gasteiger partial charge in [-0.15, -0.1) is 0 Å². The van der Waals surface area contributed by atoms with Gasteiger partial charge in [-0.3, -0.25) is 9.59 Å². The second kappa shape index (κ2) is 8.40. The number of nitrogens with two attached hydrogens (primary N) is 1. The number of nitrogens with zero attached hydrogens (tertiary/aromatic N) is 1. The molecule has 1 aromatic rings. The van der Waals surface area contributed by atoms with Gasteiger partial charge in [-0.05, 0) is 69.7 Å². The van der Waals surface area contributed by atoms with E-state index in [0.29, 0.717) is 22.8 Å². The van der Waals surface area contributed by atoms with Crippen LogP contribution in [-0.4, -0.2) is 35.8 Å². The number of piperidine rings is 1. The molecule has 2 amide bonds. The molecule has 1 unspecified atom stereocenters. The SMILES string of the molecule is CC1CCCCN1C(=O)c1ccc(NC(=O)[C@@H]2CCC[C@@H]2CN)cc1Cl. The van der Waals surface area contributed by atoms with Crippen LogP contribution in [0.2, 0.25) is 5.02 Å². The zero-order valence-corrected chi connectivity index (χ0v) is 16.1. The Labute approximate surface area is 160 Å². The molecule has 6 heteroatoms. The van der Waals surface area contributed by atoms with Gasteiger partial charge in [-0.25, -0.2) is 0 Å². The van der Waals surface area contributed by atoms with Gasteiger partial charge in [0.25, 0.3) is 5.91 Å². The van der Waals surface area contributed by atoms with Gasteiger partial charge in [0, 0.05) is 24.2 Å². The van der Waals surface area contributed by atoms with E-state index in [1.165, 1.54) is 0 Å². The quantitative estimate of drug-likeness (QED) is 0.840. The highest BCUT2D eigenvalue weighted by Crippen LogP contribution is 2.32. The number of halogens is 1. The number of carbonyl (C=O) groups excluding carboxylic acids is 2. The molecular formula is C20H28ClN3O2. The fourth-order valence-electron chi connectivity index (χ4n) is 4.22. The van der Waals surface area contributed by atoms with E-state index in [-0.39, 0.29) is 29.7 Å². The molecule has 5 nitrogen and oxygen atoms in total. The van der Waals surface area contributed by atoms with E-state index in [1.54, 1.807) is 18.2 Å². The van der Waals surface area contributed by atoms with Gasteiger partial charge in [0.05, 0.1) is 10.6 Å². The van der Waals surface area contributed by atoms with Gasteiger partial charge >= 0.3 is 0 Å². The number of benzene rings is 1. The van der Waals surface area contributed by atoms with Crippen LogP contribution in [0, 0.1) is 11.8 Å². The fraction of sp³-hybridized carbons (Fsp3) is 0.600. The molecule has 1 saturated carbocycles. The van der Waals surface area contributed by atoms with Crippen LogP contribution in [0.1, 0.15) is 55.8 Å². The van der Waals surface area contributed by atoms with Crippen LogP contribution in [0.5, 0.6) is 0 Å². The van der Waals surface area contributed by atoms with Gasteiger partial charge < -0.3 is 16.0 Å². The van der Waals surface area contributed by atoms with Gasteiger partial charge in [0.15, 0.2) is 0 Å². The van der Waals surface area contributed by atoms with E-state index in [1.807, 2.05) is 4.90 Å². The molecule has 3 N–H and O–H groups in total. The molecule has 142 valence electrons. The minimum Gasteiger partial charge on any atom is -0.336 e. The maximum absolute atomic E-state index is 12.8. The molecule has 1 aromatic carbocycles. The minimum absolute atomic E-state index is 0.00209. The molecule has 0 bridgehead atoms. The van der Waals surface area contributed by atoms with Crippen molar-refractivity contribution >= 4 is 29.1 Å². The van der Waals surface area contributed by atoms with Crippen molar-refractivity contribution in [2.75, 3.05) is 18.4 Å². The van der Waals surface area contributed by atoms with Crippen LogP contribution in [0.25, 0.3) is 0 Å². The Balaban J connectivity index is 1.69. The molecule has 2 fully saturated rings. The van der Waals surface area contributed by atoms with E-state index in [2.05, 4.69) is 12.2 Å². The monoisotopic (exact) mass is 377 g/mol. The molecule has 1 saturated heterocycles. The lowest BCUT2D eigenvalue weighted by Crippen LogP contribution is -2.42. The summed E-state index contributed by atoms with van der Waals surface area (Å²) in [6, 6.07) is 5.39. The van der Waals surface area contributed by atoms with E-state index in [9.17, 15) is 9.59 Å². The highest BCUT2D eigenvalue weighted by molar-refractivity contribution is 6.34. The standard InChI is InChI=1S/C20H28ClN3O2/c1-13-5-2-3-10-24(13)20(26)17-9-8-15(11-18(17)21)23-19(25)16-7-4-6-14(16)12-22/h8-9,11,13-14,16H,2-7,10,12,22H2,1H3,(H,23,25)/t13?,14-,16-/m1/s1. The molecule has 2 aliphatic rings. The van der Waals surface area contributed by atoms with E-state index in [0.717, 1.165) is 45.1 Å². The van der Waals surface area contributed by atoms with Crippen LogP contribution >= 0.6 is 11.6 Å². The van der Waals surface area contributed by atoms with Crippen molar-refractivity contribution in [3.05, 3.63) is 28.8 Å². The number of rotatable bonds is 4. The Morgan fingerprint density at radius 3 is 2.73 bits per heavy atom. The summed E-state index contributed by atoms with van der Waals surface area (Å²) in [7, 11) is 0. The average Bonchev–Trinajstić information content (AvgIpc) is 3.10. The molecule has 1 aliphatic heterocycles. The topological polar surface area (TPSA) is 75.4 Å². The van der Waals surface area contributed by atoms with Gasteiger partial charge in [0.2, 0.25) is 5.91 Å². The first-order valence-corrected chi connectivity index (χ1v) is 10.0. The smallest absolute Gasteiger partial charge is 0.255 e. The lowest BCUT2D eigenvalue weighted by molar-refractivity contribution is -0.120. The van der Waals surface area contributed by atoms with E-state index in [4.69, 9.17) is 17.3 Å². The van der Waals surface area contributed by atoms with Crippen LogP contribution < -0.4 is 11.1 Å². The Morgan fingerprint density at radius 1 is 1.23 bits per heavy atom. The third-order valence-electron chi connectivity index (χ3n) is 5.83. The van der Waals surface area contributed by atoms with Crippen molar-refractivity contribution in [3.63, 3.8) is 0 Å². The first-order valence-electron chi connectivity index (χ1n) is 9.62. The van der Waals surface area contributed by atoms with Crippen molar-refractivity contribution in [2.45, 2.75) is 51.5 Å². The predicted octanol–water partition coefficient (Wildman–Crippen LogP) is 3.67. The Hall–Kier alpha value is -1.59. The van der Waals surface area contributed by atoms with Crippen molar-refractivity contribution in [2.24, 2.45) is 17.6 Å². The lowest BCUT2D eigenvalue weighted by atomic mass is 9.95. The molecule has 1 heterocycles. The summed E-state index contributed by atoms with van der Waals surface area (Å²) in [5.74, 6) is 0.193. The average molecular weight is 378 g/mol. The van der Waals surface area contributed by atoms with Crippen LogP contribution in [0.4, 0.5) is 5.69 Å². The van der Waals surface area contributed by atoms with Crippen LogP contribution in [-0.2, 0) is 4.79 Å². The molecule has 0 aromatic heterocycles. The highest BCUT2D eigenvalue weighted by Gasteiger charge is 2.32. The third-order valence-corrected chi connectivity index (χ3v) is 6.14. The number of likely N-dealkylation sites (tertiary alicyclic amines) is 1. The molecule has 0 spiro atoms. The maximum atomic E-state index is 12.8. The summed E-state index contributed by atoms with van der Waals surface area (Å²) in [6.07, 6.45) is 6.16. The molecule has 3 rings (SSSR count). The summed E-state index contributed by atoms with van der Waals surface area (Å²) < 4.78 is 0. The van der Waals surface area contributed by atoms with Gasteiger partial charge in [-0.2, -0.15) is 0 Å². The zero-order valence-electron chi connectivity index (χ0n) is 15.3. The summed E-state index contributed by atoms with van der Waals surface area (Å²) in [5, 5.41) is 3.32. The normalized spacial score (nSPS) is 26.0. The summed E-state index contributed by atoms with van der Waals surface area (Å²) in [4.78, 5) is 27.2. The zero-order chi connectivity index (χ0) is 18.7. The number of nitrogens with one attached hydrogen (secondary N) is 1. The molecule has 0 radical (unpaired) electrons. The van der Waals surface area contributed by atoms with E-state index >= 15 is 0 Å². The predicted molar refractivity (Wildman–Crippen MR) is 104 cm³/mol. The summed E-state index contributed by atoms with van der Waals surface area (Å²) in [5.41, 5.74) is 6.90. The van der Waals surface area contributed by atoms with Crippen LogP contribution in [0.3, 0.4) is 0 Å². The third kappa shape index (κ3) is 4.04. The second-order valence-corrected chi connectivity index (χ2v) is 7.97. The van der Waals surface area contributed by atoms with Crippen LogP contribution in [0.15, 0.2) is 18.2 Å². The Kier molecular flexibility index (Phi) is 6.20. The summed E-state index contributed by atoms with van der Waals surface area (Å²) in [6.45, 7) is 3.40. The summed E-state index contributed by atoms with van der Waals surface area (Å²) >= 11 is 6.37. The van der Waals surface area contributed by atoms with Crippen molar-refractivity contribution in [1.82, 2.24) is 4.90 Å². The first-order chi connectivity index (χ1) is 12.5. The van der Waals surface area contributed by atoms with Crippen molar-refractivity contribution < 1.29 is 9.59 Å². The maximum Gasteiger partial charge on any atom is 0.255 e. The first kappa shape index (κ1) is 19.2. The number of amides is 2. The largest absolute Gasteiger partial charge is 0.336 e.